The Bertz CT molecular complexity index is 620. The van der Waals surface area contributed by atoms with Crippen LogP contribution in [0.1, 0.15) is 31.2 Å². The van der Waals surface area contributed by atoms with E-state index in [-0.39, 0.29) is 29.9 Å². The van der Waals surface area contributed by atoms with Crippen LogP contribution in [0.25, 0.3) is 0 Å². The van der Waals surface area contributed by atoms with E-state index in [1.165, 1.54) is 32.4 Å². The van der Waals surface area contributed by atoms with E-state index in [1.807, 2.05) is 25.1 Å². The summed E-state index contributed by atoms with van der Waals surface area (Å²) >= 11 is 6.14. The minimum atomic E-state index is -0.0768. The second-order valence-electron chi connectivity index (χ2n) is 6.61. The monoisotopic (exact) mass is 507 g/mol. The third kappa shape index (κ3) is 9.12. The minimum Gasteiger partial charge on any atom is -0.356 e. The third-order valence-electron chi connectivity index (χ3n) is 4.44. The van der Waals surface area contributed by atoms with Gasteiger partial charge in [-0.2, -0.15) is 0 Å². The molecule has 152 valence electrons. The number of aryl methyl sites for hydroxylation is 1. The number of aliphatic imine (C=N–C) groups is 1. The molecule has 6 nitrogen and oxygen atoms in total. The highest BCUT2D eigenvalue weighted by Gasteiger charge is 2.10. The molecular weight excluding hydrogens is 477 g/mol. The van der Waals surface area contributed by atoms with Crippen LogP contribution in [0.4, 0.5) is 5.69 Å². The molecule has 2 rings (SSSR count). The first-order valence-electron chi connectivity index (χ1n) is 9.31. The number of likely N-dealkylation sites (tertiary alicyclic amines) is 1. The Morgan fingerprint density at radius 3 is 2.56 bits per heavy atom. The summed E-state index contributed by atoms with van der Waals surface area (Å²) < 4.78 is 0. The summed E-state index contributed by atoms with van der Waals surface area (Å²) in [6, 6.07) is 5.58. The van der Waals surface area contributed by atoms with Gasteiger partial charge in [0.2, 0.25) is 5.91 Å². The molecule has 1 heterocycles. The van der Waals surface area contributed by atoms with E-state index < -0.39 is 0 Å². The van der Waals surface area contributed by atoms with Crippen LogP contribution in [-0.2, 0) is 4.79 Å². The van der Waals surface area contributed by atoms with Gasteiger partial charge < -0.3 is 20.9 Å². The quantitative estimate of drug-likeness (QED) is 0.301. The highest BCUT2D eigenvalue weighted by Crippen LogP contribution is 2.22. The van der Waals surface area contributed by atoms with E-state index >= 15 is 0 Å². The van der Waals surface area contributed by atoms with E-state index in [1.54, 1.807) is 7.05 Å². The topological polar surface area (TPSA) is 68.8 Å². The second-order valence-corrected chi connectivity index (χ2v) is 7.02. The summed E-state index contributed by atoms with van der Waals surface area (Å²) in [5.74, 6) is 0.648. The molecule has 0 spiro atoms. The van der Waals surface area contributed by atoms with Gasteiger partial charge in [-0.15, -0.1) is 24.0 Å². The molecule has 8 heteroatoms. The Hall–Kier alpha value is -1.06. The fourth-order valence-electron chi connectivity index (χ4n) is 2.96. The first kappa shape index (κ1) is 24.0. The van der Waals surface area contributed by atoms with E-state index in [0.29, 0.717) is 23.7 Å². The molecule has 0 unspecified atom stereocenters. The number of nitrogens with one attached hydrogen (secondary N) is 3. The summed E-state index contributed by atoms with van der Waals surface area (Å²) in [5.41, 5.74) is 1.71. The van der Waals surface area contributed by atoms with Gasteiger partial charge in [0.1, 0.15) is 0 Å². The maximum Gasteiger partial charge on any atom is 0.226 e. The number of rotatable bonds is 7. The molecule has 1 aromatic rings. The molecule has 0 bridgehead atoms. The van der Waals surface area contributed by atoms with Crippen molar-refractivity contribution in [2.24, 2.45) is 4.99 Å². The number of amides is 1. The van der Waals surface area contributed by atoms with Crippen LogP contribution < -0.4 is 16.0 Å². The highest BCUT2D eigenvalue weighted by molar-refractivity contribution is 14.0. The van der Waals surface area contributed by atoms with Gasteiger partial charge in [0, 0.05) is 33.1 Å². The molecule has 1 aliphatic rings. The summed E-state index contributed by atoms with van der Waals surface area (Å²) in [5, 5.41) is 9.87. The van der Waals surface area contributed by atoms with Crippen molar-refractivity contribution < 1.29 is 4.79 Å². The van der Waals surface area contributed by atoms with Gasteiger partial charge in [-0.05, 0) is 50.6 Å². The van der Waals surface area contributed by atoms with E-state index in [9.17, 15) is 4.79 Å². The highest BCUT2D eigenvalue weighted by atomic mass is 127. The van der Waals surface area contributed by atoms with Crippen molar-refractivity contribution in [2.75, 3.05) is 45.1 Å². The molecular formula is C19H31ClIN5O. The second kappa shape index (κ2) is 13.2. The molecule has 1 aromatic carbocycles. The molecule has 27 heavy (non-hydrogen) atoms. The smallest absolute Gasteiger partial charge is 0.226 e. The Kier molecular flexibility index (Phi) is 11.7. The number of halogens is 2. The lowest BCUT2D eigenvalue weighted by atomic mass is 10.1. The van der Waals surface area contributed by atoms with Gasteiger partial charge in [0.25, 0.3) is 0 Å². The molecule has 1 saturated heterocycles. The van der Waals surface area contributed by atoms with Gasteiger partial charge in [0.15, 0.2) is 5.96 Å². The zero-order valence-corrected chi connectivity index (χ0v) is 19.3. The summed E-state index contributed by atoms with van der Waals surface area (Å²) in [6.07, 6.45) is 4.29. The van der Waals surface area contributed by atoms with Crippen LogP contribution in [0.2, 0.25) is 5.02 Å². The number of guanidine groups is 1. The van der Waals surface area contributed by atoms with E-state index in [2.05, 4.69) is 25.8 Å². The average Bonchev–Trinajstić information content (AvgIpc) is 2.63. The van der Waals surface area contributed by atoms with Crippen molar-refractivity contribution in [3.8, 4) is 0 Å². The molecule has 0 aromatic heterocycles. The van der Waals surface area contributed by atoms with Crippen molar-refractivity contribution in [3.63, 3.8) is 0 Å². The first-order valence-corrected chi connectivity index (χ1v) is 9.69. The number of nitrogens with zero attached hydrogens (tertiary/aromatic N) is 2. The Labute approximate surface area is 184 Å². The zero-order valence-electron chi connectivity index (χ0n) is 16.2. The van der Waals surface area contributed by atoms with Gasteiger partial charge in [-0.25, -0.2) is 0 Å². The first-order chi connectivity index (χ1) is 12.6. The molecule has 0 atom stereocenters. The average molecular weight is 508 g/mol. The molecule has 3 N–H and O–H groups in total. The molecule has 1 aliphatic heterocycles. The molecule has 1 amide bonds. The van der Waals surface area contributed by atoms with Crippen molar-refractivity contribution in [1.29, 1.82) is 0 Å². The number of anilines is 1. The van der Waals surface area contributed by atoms with Gasteiger partial charge in [-0.3, -0.25) is 9.79 Å². The van der Waals surface area contributed by atoms with Crippen LogP contribution >= 0.6 is 35.6 Å². The predicted molar refractivity (Wildman–Crippen MR) is 125 cm³/mol. The number of benzene rings is 1. The number of hydrogen-bond donors (Lipinski definition) is 3. The van der Waals surface area contributed by atoms with E-state index in [4.69, 9.17) is 11.6 Å². The van der Waals surface area contributed by atoms with Crippen molar-refractivity contribution in [1.82, 2.24) is 15.5 Å². The Morgan fingerprint density at radius 2 is 1.89 bits per heavy atom. The predicted octanol–water partition coefficient (Wildman–Crippen LogP) is 3.25. The number of carbonyl (C=O) groups is 1. The summed E-state index contributed by atoms with van der Waals surface area (Å²) in [6.45, 7) is 6.73. The van der Waals surface area contributed by atoms with Crippen LogP contribution in [-0.4, -0.2) is 56.5 Å². The summed E-state index contributed by atoms with van der Waals surface area (Å²) in [4.78, 5) is 18.7. The Morgan fingerprint density at radius 1 is 1.19 bits per heavy atom. The standard InChI is InChI=1S/C19H30ClN5O.HI/c1-15-6-7-17(16(20)14-15)24-18(26)8-9-22-19(21-2)23-10-13-25-11-4-3-5-12-25;/h6-7,14H,3-5,8-13H2,1-2H3,(H,24,26)(H2,21,22,23);1H. The summed E-state index contributed by atoms with van der Waals surface area (Å²) in [7, 11) is 1.74. The molecule has 1 fully saturated rings. The lowest BCUT2D eigenvalue weighted by molar-refractivity contribution is -0.116. The lowest BCUT2D eigenvalue weighted by Gasteiger charge is -2.26. The molecule has 0 radical (unpaired) electrons. The Balaban J connectivity index is 0.00000364. The normalized spacial score (nSPS) is 15.0. The van der Waals surface area contributed by atoms with Crippen molar-refractivity contribution >= 4 is 53.1 Å². The third-order valence-corrected chi connectivity index (χ3v) is 4.75. The van der Waals surface area contributed by atoms with Crippen LogP contribution in [0.3, 0.4) is 0 Å². The minimum absolute atomic E-state index is 0. The van der Waals surface area contributed by atoms with Crippen molar-refractivity contribution in [3.05, 3.63) is 28.8 Å². The zero-order chi connectivity index (χ0) is 18.8. The fourth-order valence-corrected chi connectivity index (χ4v) is 3.25. The largest absolute Gasteiger partial charge is 0.356 e. The van der Waals surface area contributed by atoms with Crippen LogP contribution in [0.5, 0.6) is 0 Å². The molecule has 0 saturated carbocycles. The van der Waals surface area contributed by atoms with Gasteiger partial charge >= 0.3 is 0 Å². The van der Waals surface area contributed by atoms with Crippen LogP contribution in [0.15, 0.2) is 23.2 Å². The number of hydrogen-bond acceptors (Lipinski definition) is 3. The number of carbonyl (C=O) groups excluding carboxylic acids is 1. The fraction of sp³-hybridized carbons (Fsp3) is 0.579. The van der Waals surface area contributed by atoms with Crippen LogP contribution in [0, 0.1) is 6.92 Å². The maximum atomic E-state index is 12.1. The van der Waals surface area contributed by atoms with E-state index in [0.717, 1.165) is 24.6 Å². The SMILES string of the molecule is CN=C(NCCC(=O)Nc1ccc(C)cc1Cl)NCCN1CCCCC1.I. The van der Waals surface area contributed by atoms with Crippen molar-refractivity contribution in [2.45, 2.75) is 32.6 Å². The van der Waals surface area contributed by atoms with Gasteiger partial charge in [0.05, 0.1) is 10.7 Å². The molecule has 0 aliphatic carbocycles. The lowest BCUT2D eigenvalue weighted by Crippen LogP contribution is -2.43. The van der Waals surface area contributed by atoms with Gasteiger partial charge in [-0.1, -0.05) is 24.1 Å². The number of piperidine rings is 1. The maximum absolute atomic E-state index is 12.1.